The molecule has 6 nitrogen and oxygen atoms in total. The molecule has 2 N–H and O–H groups in total. The summed E-state index contributed by atoms with van der Waals surface area (Å²) in [5, 5.41) is 13.2. The molecule has 0 radical (unpaired) electrons. The first-order valence-corrected chi connectivity index (χ1v) is 9.59. The van der Waals surface area contributed by atoms with Crippen LogP contribution in [0.25, 0.3) is 0 Å². The Morgan fingerprint density at radius 3 is 2.52 bits per heavy atom. The number of likely N-dealkylation sites (tertiary alicyclic amines) is 1. The number of likely N-dealkylation sites (N-methyl/N-ethyl adjacent to an activating group) is 1. The molecular weight excluding hydrogens is 314 g/mol. The van der Waals surface area contributed by atoms with E-state index in [0.717, 1.165) is 56.4 Å². The lowest BCUT2D eigenvalue weighted by molar-refractivity contribution is 0.0685. The van der Waals surface area contributed by atoms with E-state index in [1.54, 1.807) is 0 Å². The van der Waals surface area contributed by atoms with Crippen molar-refractivity contribution in [1.82, 2.24) is 19.8 Å². The number of piperidine rings is 1. The highest BCUT2D eigenvalue weighted by molar-refractivity contribution is 5.38. The largest absolute Gasteiger partial charge is 0.393 e. The van der Waals surface area contributed by atoms with Crippen molar-refractivity contribution in [1.29, 1.82) is 0 Å². The lowest BCUT2D eigenvalue weighted by Gasteiger charge is -2.46. The van der Waals surface area contributed by atoms with Crippen LogP contribution in [0.5, 0.6) is 0 Å². The normalized spacial score (nSPS) is 26.5. The zero-order valence-corrected chi connectivity index (χ0v) is 16.1. The minimum atomic E-state index is -0.155. The monoisotopic (exact) mass is 347 g/mol. The van der Waals surface area contributed by atoms with E-state index in [-0.39, 0.29) is 11.6 Å². The summed E-state index contributed by atoms with van der Waals surface area (Å²) in [7, 11) is 4.38. The quantitative estimate of drug-likeness (QED) is 0.819. The first kappa shape index (κ1) is 18.5. The van der Waals surface area contributed by atoms with Crippen LogP contribution >= 0.6 is 0 Å². The van der Waals surface area contributed by atoms with Crippen LogP contribution < -0.4 is 5.32 Å². The Hall–Kier alpha value is -1.24. The van der Waals surface area contributed by atoms with E-state index in [1.165, 1.54) is 12.8 Å². The van der Waals surface area contributed by atoms with Gasteiger partial charge in [-0.2, -0.15) is 0 Å². The van der Waals surface area contributed by atoms with E-state index in [2.05, 4.69) is 52.2 Å². The molecule has 1 aliphatic carbocycles. The summed E-state index contributed by atoms with van der Waals surface area (Å²) in [6.45, 7) is 8.54. The molecule has 2 aliphatic rings. The fraction of sp³-hybridized carbons (Fsp3) is 0.789. The maximum absolute atomic E-state index is 9.56. The van der Waals surface area contributed by atoms with Crippen molar-refractivity contribution in [2.75, 3.05) is 45.6 Å². The lowest BCUT2D eigenvalue weighted by Crippen LogP contribution is -2.56. The Labute approximate surface area is 151 Å². The maximum atomic E-state index is 9.56. The third-order valence-corrected chi connectivity index (χ3v) is 6.17. The summed E-state index contributed by atoms with van der Waals surface area (Å²) >= 11 is 0. The van der Waals surface area contributed by atoms with Gasteiger partial charge in [-0.15, -0.1) is 0 Å². The van der Waals surface area contributed by atoms with Gasteiger partial charge >= 0.3 is 0 Å². The molecule has 1 aliphatic heterocycles. The highest BCUT2D eigenvalue weighted by Crippen LogP contribution is 2.36. The highest BCUT2D eigenvalue weighted by atomic mass is 16.3. The second-order valence-corrected chi connectivity index (χ2v) is 7.95. The van der Waals surface area contributed by atoms with Crippen molar-refractivity contribution in [3.63, 3.8) is 0 Å². The molecule has 2 heterocycles. The van der Waals surface area contributed by atoms with E-state index in [9.17, 15) is 5.11 Å². The van der Waals surface area contributed by atoms with Crippen LogP contribution in [0.1, 0.15) is 50.0 Å². The van der Waals surface area contributed by atoms with Crippen molar-refractivity contribution < 1.29 is 5.11 Å². The van der Waals surface area contributed by atoms with Crippen LogP contribution in [-0.4, -0.2) is 76.8 Å². The fourth-order valence-corrected chi connectivity index (χ4v) is 4.04. The Morgan fingerprint density at radius 1 is 1.28 bits per heavy atom. The molecule has 1 saturated heterocycles. The third kappa shape index (κ3) is 4.13. The number of aromatic nitrogens is 2. The summed E-state index contributed by atoms with van der Waals surface area (Å²) in [6, 6.07) is 2.08. The number of nitrogens with one attached hydrogen (secondary N) is 1. The number of rotatable bonds is 6. The van der Waals surface area contributed by atoms with Crippen LogP contribution in [0.4, 0.5) is 5.82 Å². The highest BCUT2D eigenvalue weighted by Gasteiger charge is 2.36. The molecule has 0 atom stereocenters. The Kier molecular flexibility index (Phi) is 5.61. The Bertz CT molecular complexity index is 577. The molecule has 0 bridgehead atoms. The van der Waals surface area contributed by atoms with Crippen LogP contribution in [0.3, 0.4) is 0 Å². The maximum Gasteiger partial charge on any atom is 0.129 e. The van der Waals surface area contributed by atoms with Gasteiger partial charge in [0.2, 0.25) is 0 Å². The van der Waals surface area contributed by atoms with Gasteiger partial charge in [0.15, 0.2) is 0 Å². The van der Waals surface area contributed by atoms with Gasteiger partial charge in [0.25, 0.3) is 0 Å². The summed E-state index contributed by atoms with van der Waals surface area (Å²) in [5.74, 6) is 2.11. The molecule has 0 unspecified atom stereocenters. The molecule has 0 aromatic carbocycles. The van der Waals surface area contributed by atoms with Gasteiger partial charge in [-0.05, 0) is 66.3 Å². The van der Waals surface area contributed by atoms with Crippen molar-refractivity contribution in [2.24, 2.45) is 0 Å². The molecule has 6 heteroatoms. The van der Waals surface area contributed by atoms with E-state index < -0.39 is 0 Å². The predicted octanol–water partition coefficient (Wildman–Crippen LogP) is 1.85. The lowest BCUT2D eigenvalue weighted by atomic mass is 9.80. The van der Waals surface area contributed by atoms with Gasteiger partial charge in [0.05, 0.1) is 6.10 Å². The molecule has 2 fully saturated rings. The number of hydrogen-bond donors (Lipinski definition) is 2. The number of aliphatic hydroxyl groups is 1. The summed E-state index contributed by atoms with van der Waals surface area (Å²) < 4.78 is 0. The average Bonchev–Trinajstić information content (AvgIpc) is 2.57. The van der Waals surface area contributed by atoms with Crippen molar-refractivity contribution in [3.8, 4) is 0 Å². The molecule has 1 aromatic heterocycles. The molecule has 140 valence electrons. The number of anilines is 1. The standard InChI is InChI=1S/C19H33N5O/c1-5-24-8-6-19(7-9-24,23(3)4)13-20-18-12-17(21-14(2)22-18)15-10-16(25)11-15/h12,15-16,25H,5-11,13H2,1-4H3,(H,20,21,22). The minimum Gasteiger partial charge on any atom is -0.393 e. The van der Waals surface area contributed by atoms with Gasteiger partial charge in [-0.1, -0.05) is 6.92 Å². The van der Waals surface area contributed by atoms with Crippen LogP contribution in [0.15, 0.2) is 6.07 Å². The summed E-state index contributed by atoms with van der Waals surface area (Å²) in [5.41, 5.74) is 1.25. The van der Waals surface area contributed by atoms with Gasteiger partial charge in [-0.3, -0.25) is 0 Å². The SMILES string of the molecule is CCN1CCC(CNc2cc(C3CC(O)C3)nc(C)n2)(N(C)C)CC1. The molecule has 0 spiro atoms. The molecule has 1 saturated carbocycles. The van der Waals surface area contributed by atoms with E-state index in [0.29, 0.717) is 5.92 Å². The van der Waals surface area contributed by atoms with Gasteiger partial charge in [0, 0.05) is 29.8 Å². The number of nitrogens with zero attached hydrogens (tertiary/aromatic N) is 4. The van der Waals surface area contributed by atoms with Crippen LogP contribution in [0.2, 0.25) is 0 Å². The third-order valence-electron chi connectivity index (χ3n) is 6.17. The average molecular weight is 348 g/mol. The Morgan fingerprint density at radius 2 is 1.96 bits per heavy atom. The fourth-order valence-electron chi connectivity index (χ4n) is 4.04. The minimum absolute atomic E-state index is 0.155. The smallest absolute Gasteiger partial charge is 0.129 e. The number of hydrogen-bond acceptors (Lipinski definition) is 6. The van der Waals surface area contributed by atoms with Gasteiger partial charge in [0.1, 0.15) is 11.6 Å². The zero-order chi connectivity index (χ0) is 18.0. The van der Waals surface area contributed by atoms with Gasteiger partial charge < -0.3 is 20.2 Å². The van der Waals surface area contributed by atoms with Gasteiger partial charge in [-0.25, -0.2) is 9.97 Å². The second-order valence-electron chi connectivity index (χ2n) is 7.95. The molecule has 3 rings (SSSR count). The van der Waals surface area contributed by atoms with Crippen molar-refractivity contribution in [2.45, 2.75) is 57.1 Å². The Balaban J connectivity index is 1.67. The van der Waals surface area contributed by atoms with Crippen LogP contribution in [-0.2, 0) is 0 Å². The van der Waals surface area contributed by atoms with Crippen molar-refractivity contribution in [3.05, 3.63) is 17.6 Å². The molecule has 0 amide bonds. The van der Waals surface area contributed by atoms with E-state index in [4.69, 9.17) is 0 Å². The van der Waals surface area contributed by atoms with Crippen molar-refractivity contribution >= 4 is 5.82 Å². The zero-order valence-electron chi connectivity index (χ0n) is 16.1. The first-order chi connectivity index (χ1) is 11.9. The molecular formula is C19H33N5O. The topological polar surface area (TPSA) is 64.5 Å². The molecule has 1 aromatic rings. The van der Waals surface area contributed by atoms with E-state index in [1.807, 2.05) is 6.92 Å². The van der Waals surface area contributed by atoms with E-state index >= 15 is 0 Å². The number of aryl methyl sites for hydroxylation is 1. The second kappa shape index (κ2) is 7.56. The molecule has 25 heavy (non-hydrogen) atoms. The first-order valence-electron chi connectivity index (χ1n) is 9.59. The number of aliphatic hydroxyl groups excluding tert-OH is 1. The predicted molar refractivity (Wildman–Crippen MR) is 101 cm³/mol. The summed E-state index contributed by atoms with van der Waals surface area (Å²) in [4.78, 5) is 14.1. The van der Waals surface area contributed by atoms with Crippen LogP contribution in [0, 0.1) is 6.92 Å². The summed E-state index contributed by atoms with van der Waals surface area (Å²) in [6.07, 6.45) is 3.84.